The van der Waals surface area contributed by atoms with E-state index in [1.165, 1.54) is 0 Å². The predicted octanol–water partition coefficient (Wildman–Crippen LogP) is 6.88. The van der Waals surface area contributed by atoms with Crippen LogP contribution in [0, 0.1) is 13.8 Å². The first-order chi connectivity index (χ1) is 11.8. The highest BCUT2D eigenvalue weighted by atomic mass is 35.5. The molecule has 0 fully saturated rings. The van der Waals surface area contributed by atoms with E-state index in [9.17, 15) is 31.1 Å². The van der Waals surface area contributed by atoms with Crippen LogP contribution >= 0.6 is 23.2 Å². The average molecular weight is 415 g/mol. The lowest BCUT2D eigenvalue weighted by atomic mass is 9.95. The third-order valence-corrected chi connectivity index (χ3v) is 4.85. The van der Waals surface area contributed by atoms with Crippen molar-refractivity contribution in [3.05, 3.63) is 67.7 Å². The standard InChI is InChI=1S/C17H10Cl2F6O/c1-7-11(16(20,21)22)5-3-9(13(7)18)15(26)10-4-6-12(17(23,24)25)8(2)14(10)19/h3-6H,1-2H3. The molecule has 0 unspecified atom stereocenters. The lowest BCUT2D eigenvalue weighted by molar-refractivity contribution is -0.138. The minimum absolute atomic E-state index is 0.279. The summed E-state index contributed by atoms with van der Waals surface area (Å²) in [4.78, 5) is 12.6. The van der Waals surface area contributed by atoms with Gasteiger partial charge in [0.15, 0.2) is 5.78 Å². The van der Waals surface area contributed by atoms with E-state index in [1.54, 1.807) is 0 Å². The normalized spacial score (nSPS) is 12.4. The van der Waals surface area contributed by atoms with Crippen molar-refractivity contribution >= 4 is 29.0 Å². The molecule has 1 nitrogen and oxygen atoms in total. The SMILES string of the molecule is Cc1c(C(F)(F)F)ccc(C(=O)c2ccc(C(F)(F)F)c(C)c2Cl)c1Cl. The van der Waals surface area contributed by atoms with Crippen LogP contribution in [-0.4, -0.2) is 5.78 Å². The van der Waals surface area contributed by atoms with Gasteiger partial charge in [-0.2, -0.15) is 26.3 Å². The first-order valence-corrected chi connectivity index (χ1v) is 7.79. The van der Waals surface area contributed by atoms with Crippen LogP contribution < -0.4 is 0 Å². The molecule has 9 heteroatoms. The smallest absolute Gasteiger partial charge is 0.288 e. The van der Waals surface area contributed by atoms with Crippen LogP contribution in [-0.2, 0) is 12.4 Å². The van der Waals surface area contributed by atoms with Gasteiger partial charge in [-0.05, 0) is 49.2 Å². The molecule has 26 heavy (non-hydrogen) atoms. The zero-order valence-electron chi connectivity index (χ0n) is 13.2. The fourth-order valence-corrected chi connectivity index (χ4v) is 2.98. The number of alkyl halides is 6. The van der Waals surface area contributed by atoms with Crippen molar-refractivity contribution in [2.75, 3.05) is 0 Å². The van der Waals surface area contributed by atoms with E-state index in [-0.39, 0.29) is 22.3 Å². The second-order valence-corrected chi connectivity index (χ2v) is 6.28. The van der Waals surface area contributed by atoms with Gasteiger partial charge in [0.2, 0.25) is 0 Å². The molecule has 0 spiro atoms. The van der Waals surface area contributed by atoms with Crippen molar-refractivity contribution in [3.8, 4) is 0 Å². The van der Waals surface area contributed by atoms with Gasteiger partial charge in [0.25, 0.3) is 0 Å². The molecule has 2 aromatic carbocycles. The Balaban J connectivity index is 2.58. The number of halogens is 8. The van der Waals surface area contributed by atoms with E-state index in [1.807, 2.05) is 0 Å². The van der Waals surface area contributed by atoms with Gasteiger partial charge in [-0.15, -0.1) is 0 Å². The quantitative estimate of drug-likeness (QED) is 0.386. The summed E-state index contributed by atoms with van der Waals surface area (Å²) in [5, 5.41) is -0.864. The van der Waals surface area contributed by atoms with Gasteiger partial charge in [0.1, 0.15) is 0 Å². The maximum absolute atomic E-state index is 12.9. The first-order valence-electron chi connectivity index (χ1n) is 7.04. The van der Waals surface area contributed by atoms with Gasteiger partial charge >= 0.3 is 12.4 Å². The Bertz CT molecular complexity index is 813. The molecule has 0 radical (unpaired) electrons. The Labute approximate surface area is 154 Å². The Morgan fingerprint density at radius 2 is 1.04 bits per heavy atom. The third kappa shape index (κ3) is 3.69. The van der Waals surface area contributed by atoms with Gasteiger partial charge in [-0.25, -0.2) is 0 Å². The van der Waals surface area contributed by atoms with E-state index in [0.29, 0.717) is 12.1 Å². The molecule has 140 valence electrons. The van der Waals surface area contributed by atoms with Crippen LogP contribution in [0.2, 0.25) is 10.0 Å². The summed E-state index contributed by atoms with van der Waals surface area (Å²) in [6, 6.07) is 3.15. The molecular formula is C17H10Cl2F6O. The highest BCUT2D eigenvalue weighted by molar-refractivity contribution is 6.39. The number of hydrogen-bond donors (Lipinski definition) is 0. The summed E-state index contributed by atoms with van der Waals surface area (Å²) in [5.41, 5.74) is -3.28. The molecular weight excluding hydrogens is 405 g/mol. The number of benzene rings is 2. The topological polar surface area (TPSA) is 17.1 Å². The van der Waals surface area contributed by atoms with Crippen LogP contribution in [0.15, 0.2) is 24.3 Å². The molecule has 2 rings (SSSR count). The van der Waals surface area contributed by atoms with Crippen molar-refractivity contribution < 1.29 is 31.1 Å². The maximum Gasteiger partial charge on any atom is 0.416 e. The Hall–Kier alpha value is -1.73. The monoisotopic (exact) mass is 414 g/mol. The molecule has 0 amide bonds. The third-order valence-electron chi connectivity index (χ3n) is 3.87. The second kappa shape index (κ2) is 6.78. The molecule has 0 heterocycles. The van der Waals surface area contributed by atoms with Gasteiger partial charge < -0.3 is 0 Å². The lowest BCUT2D eigenvalue weighted by Gasteiger charge is -2.16. The molecule has 0 saturated heterocycles. The Morgan fingerprint density at radius 1 is 0.731 bits per heavy atom. The summed E-state index contributed by atoms with van der Waals surface area (Å²) in [7, 11) is 0. The fraction of sp³-hybridized carbons (Fsp3) is 0.235. The van der Waals surface area contributed by atoms with E-state index in [4.69, 9.17) is 23.2 Å². The molecule has 0 aliphatic carbocycles. The largest absolute Gasteiger partial charge is 0.416 e. The Morgan fingerprint density at radius 3 is 1.31 bits per heavy atom. The van der Waals surface area contributed by atoms with Crippen molar-refractivity contribution in [2.24, 2.45) is 0 Å². The van der Waals surface area contributed by atoms with E-state index in [0.717, 1.165) is 26.0 Å². The fourth-order valence-electron chi connectivity index (χ4n) is 2.48. The van der Waals surface area contributed by atoms with Crippen molar-refractivity contribution in [2.45, 2.75) is 26.2 Å². The first kappa shape index (κ1) is 20.6. The van der Waals surface area contributed by atoms with E-state index < -0.39 is 39.3 Å². The van der Waals surface area contributed by atoms with Gasteiger partial charge in [-0.3, -0.25) is 4.79 Å². The summed E-state index contributed by atoms with van der Waals surface area (Å²) in [6.45, 7) is 2.20. The van der Waals surface area contributed by atoms with Gasteiger partial charge in [0, 0.05) is 11.1 Å². The van der Waals surface area contributed by atoms with Gasteiger partial charge in [-0.1, -0.05) is 23.2 Å². The molecule has 0 saturated carbocycles. The summed E-state index contributed by atoms with van der Waals surface area (Å²) in [6.07, 6.45) is -9.31. The molecule has 0 N–H and O–H groups in total. The maximum atomic E-state index is 12.9. The molecule has 0 atom stereocenters. The minimum atomic E-state index is -4.65. The minimum Gasteiger partial charge on any atom is -0.288 e. The number of carbonyl (C=O) groups is 1. The summed E-state index contributed by atoms with van der Waals surface area (Å²) >= 11 is 11.8. The molecule has 0 aliphatic heterocycles. The molecule has 2 aromatic rings. The van der Waals surface area contributed by atoms with Crippen molar-refractivity contribution in [1.82, 2.24) is 0 Å². The number of ketones is 1. The average Bonchev–Trinajstić information content (AvgIpc) is 2.49. The van der Waals surface area contributed by atoms with Crippen LogP contribution in [0.1, 0.15) is 38.2 Å². The zero-order valence-corrected chi connectivity index (χ0v) is 14.8. The second-order valence-electron chi connectivity index (χ2n) is 5.52. The summed E-state index contributed by atoms with van der Waals surface area (Å²) < 4.78 is 77.3. The number of carbonyl (C=O) groups excluding carboxylic acids is 1. The number of hydrogen-bond acceptors (Lipinski definition) is 1. The van der Waals surface area contributed by atoms with Crippen LogP contribution in [0.25, 0.3) is 0 Å². The van der Waals surface area contributed by atoms with Crippen molar-refractivity contribution in [1.29, 1.82) is 0 Å². The summed E-state index contributed by atoms with van der Waals surface area (Å²) in [5.74, 6) is -0.867. The van der Waals surface area contributed by atoms with Crippen LogP contribution in [0.4, 0.5) is 26.3 Å². The lowest BCUT2D eigenvalue weighted by Crippen LogP contribution is -2.13. The van der Waals surface area contributed by atoms with Gasteiger partial charge in [0.05, 0.1) is 21.2 Å². The zero-order chi connectivity index (χ0) is 20.0. The van der Waals surface area contributed by atoms with E-state index in [2.05, 4.69) is 0 Å². The van der Waals surface area contributed by atoms with E-state index >= 15 is 0 Å². The Kier molecular flexibility index (Phi) is 5.36. The highest BCUT2D eigenvalue weighted by Gasteiger charge is 2.36. The highest BCUT2D eigenvalue weighted by Crippen LogP contribution is 2.39. The van der Waals surface area contributed by atoms with Crippen LogP contribution in [0.5, 0.6) is 0 Å². The number of rotatable bonds is 2. The van der Waals surface area contributed by atoms with Crippen LogP contribution in [0.3, 0.4) is 0 Å². The predicted molar refractivity (Wildman–Crippen MR) is 85.8 cm³/mol. The molecule has 0 bridgehead atoms. The van der Waals surface area contributed by atoms with Crippen molar-refractivity contribution in [3.63, 3.8) is 0 Å². The molecule has 0 aromatic heterocycles. The molecule has 0 aliphatic rings.